The Kier molecular flexibility index (Phi) is 2.88. The molecule has 0 aliphatic heterocycles. The lowest BCUT2D eigenvalue weighted by atomic mass is 9.81. The standard InChI is InChI=1S/C19H17N3O/c1-21(2)13-8-16-14-6-4-5-7-15(14)19(23)18(17(16)9-13)12-10-20-22(3)11-12/h4-11H,1-3H3. The van der Waals surface area contributed by atoms with Crippen LogP contribution in [0.15, 0.2) is 60.1 Å². The van der Waals surface area contributed by atoms with Crippen molar-refractivity contribution in [2.45, 2.75) is 0 Å². The van der Waals surface area contributed by atoms with Gasteiger partial charge in [-0.3, -0.25) is 9.48 Å². The summed E-state index contributed by atoms with van der Waals surface area (Å²) in [5.74, 6) is 0.0667. The molecular formula is C19H17N3O. The Balaban J connectivity index is 2.02. The number of fused-ring (bicyclic) bond motifs is 3. The van der Waals surface area contributed by atoms with Gasteiger partial charge in [-0.25, -0.2) is 0 Å². The van der Waals surface area contributed by atoms with E-state index in [4.69, 9.17) is 0 Å². The van der Waals surface area contributed by atoms with Gasteiger partial charge in [0.05, 0.1) is 6.20 Å². The molecule has 2 aliphatic rings. The molecule has 0 amide bonds. The van der Waals surface area contributed by atoms with Crippen molar-refractivity contribution in [3.05, 3.63) is 76.8 Å². The maximum atomic E-state index is 13.1. The van der Waals surface area contributed by atoms with Gasteiger partial charge in [0, 0.05) is 49.7 Å². The number of hydrogen-bond acceptors (Lipinski definition) is 3. The average molecular weight is 303 g/mol. The molecule has 0 radical (unpaired) electrons. The van der Waals surface area contributed by atoms with Crippen LogP contribution in [0, 0.1) is 0 Å². The molecule has 114 valence electrons. The van der Waals surface area contributed by atoms with Crippen LogP contribution in [0.1, 0.15) is 21.5 Å². The van der Waals surface area contributed by atoms with Crippen LogP contribution in [-0.4, -0.2) is 34.6 Å². The van der Waals surface area contributed by atoms with Crippen LogP contribution in [0.4, 0.5) is 0 Å². The Bertz CT molecular complexity index is 926. The van der Waals surface area contributed by atoms with Crippen molar-refractivity contribution in [1.82, 2.24) is 14.7 Å². The number of ketones is 1. The number of aromatic nitrogens is 2. The zero-order valence-electron chi connectivity index (χ0n) is 13.4. The Hall–Kier alpha value is -2.88. The molecule has 4 nitrogen and oxygen atoms in total. The molecule has 1 aromatic carbocycles. The predicted octanol–water partition coefficient (Wildman–Crippen LogP) is 2.91. The fourth-order valence-electron chi connectivity index (χ4n) is 3.19. The lowest BCUT2D eigenvalue weighted by molar-refractivity contribution is 0.105. The summed E-state index contributed by atoms with van der Waals surface area (Å²) in [5, 5.41) is 4.23. The van der Waals surface area contributed by atoms with E-state index < -0.39 is 0 Å². The van der Waals surface area contributed by atoms with Crippen molar-refractivity contribution in [3.63, 3.8) is 0 Å². The minimum Gasteiger partial charge on any atom is -0.378 e. The molecule has 0 N–H and O–H groups in total. The van der Waals surface area contributed by atoms with E-state index in [0.29, 0.717) is 0 Å². The normalized spacial score (nSPS) is 16.0. The number of nitrogens with zero attached hydrogens (tertiary/aromatic N) is 3. The first kappa shape index (κ1) is 13.8. The highest BCUT2D eigenvalue weighted by Crippen LogP contribution is 2.44. The summed E-state index contributed by atoms with van der Waals surface area (Å²) in [4.78, 5) is 15.1. The zero-order valence-corrected chi connectivity index (χ0v) is 13.4. The molecule has 0 saturated heterocycles. The van der Waals surface area contributed by atoms with Crippen molar-refractivity contribution in [2.75, 3.05) is 14.1 Å². The summed E-state index contributed by atoms with van der Waals surface area (Å²) in [7, 11) is 5.89. The number of likely N-dealkylation sites (N-methyl/N-ethyl adjacent to an activating group) is 1. The fraction of sp³-hybridized carbons (Fsp3) is 0.158. The highest BCUT2D eigenvalue weighted by Gasteiger charge is 2.32. The quantitative estimate of drug-likeness (QED) is 0.856. The third-order valence-electron chi connectivity index (χ3n) is 4.34. The Morgan fingerprint density at radius 3 is 2.48 bits per heavy atom. The predicted molar refractivity (Wildman–Crippen MR) is 90.6 cm³/mol. The van der Waals surface area contributed by atoms with Gasteiger partial charge in [-0.1, -0.05) is 24.3 Å². The zero-order chi connectivity index (χ0) is 16.1. The molecule has 0 fully saturated rings. The van der Waals surface area contributed by atoms with Crippen LogP contribution >= 0.6 is 0 Å². The van der Waals surface area contributed by atoms with Crippen LogP contribution in [0.3, 0.4) is 0 Å². The highest BCUT2D eigenvalue weighted by atomic mass is 16.1. The number of rotatable bonds is 2. The summed E-state index contributed by atoms with van der Waals surface area (Å²) in [6.07, 6.45) is 7.89. The maximum Gasteiger partial charge on any atom is 0.194 e. The molecule has 0 bridgehead atoms. The number of carbonyl (C=O) groups excluding carboxylic acids is 1. The number of Topliss-reactive ketones (excluding diaryl/α,β-unsaturated/α-hetero) is 1. The second-order valence-corrected chi connectivity index (χ2v) is 6.09. The maximum absolute atomic E-state index is 13.1. The molecule has 0 unspecified atom stereocenters. The minimum absolute atomic E-state index is 0.0667. The topological polar surface area (TPSA) is 38.1 Å². The molecule has 0 atom stereocenters. The van der Waals surface area contributed by atoms with E-state index in [0.717, 1.165) is 39.1 Å². The van der Waals surface area contributed by atoms with E-state index in [1.807, 2.05) is 51.6 Å². The van der Waals surface area contributed by atoms with Crippen LogP contribution in [-0.2, 0) is 7.05 Å². The van der Waals surface area contributed by atoms with Gasteiger partial charge in [0.1, 0.15) is 0 Å². The van der Waals surface area contributed by atoms with E-state index in [1.165, 1.54) is 0 Å². The summed E-state index contributed by atoms with van der Waals surface area (Å²) < 4.78 is 1.73. The molecule has 1 aromatic heterocycles. The highest BCUT2D eigenvalue weighted by molar-refractivity contribution is 6.36. The molecule has 0 spiro atoms. The Morgan fingerprint density at radius 1 is 1.09 bits per heavy atom. The van der Waals surface area contributed by atoms with Gasteiger partial charge < -0.3 is 4.90 Å². The van der Waals surface area contributed by atoms with E-state index in [2.05, 4.69) is 22.2 Å². The smallest absolute Gasteiger partial charge is 0.194 e. The van der Waals surface area contributed by atoms with Crippen LogP contribution < -0.4 is 0 Å². The summed E-state index contributed by atoms with van der Waals surface area (Å²) >= 11 is 0. The number of allylic oxidation sites excluding steroid dienone is 5. The Labute approximate surface area is 135 Å². The van der Waals surface area contributed by atoms with Gasteiger partial charge in [0.15, 0.2) is 5.78 Å². The molecule has 2 aliphatic carbocycles. The van der Waals surface area contributed by atoms with Gasteiger partial charge in [-0.05, 0) is 28.9 Å². The van der Waals surface area contributed by atoms with Crippen molar-refractivity contribution in [2.24, 2.45) is 7.05 Å². The Morgan fingerprint density at radius 2 is 1.83 bits per heavy atom. The van der Waals surface area contributed by atoms with Crippen molar-refractivity contribution >= 4 is 16.9 Å². The van der Waals surface area contributed by atoms with Crippen LogP contribution in [0.25, 0.3) is 11.1 Å². The fourth-order valence-corrected chi connectivity index (χ4v) is 3.19. The van der Waals surface area contributed by atoms with Gasteiger partial charge in [-0.2, -0.15) is 5.10 Å². The van der Waals surface area contributed by atoms with E-state index >= 15 is 0 Å². The van der Waals surface area contributed by atoms with Gasteiger partial charge in [0.25, 0.3) is 0 Å². The van der Waals surface area contributed by atoms with Gasteiger partial charge in [-0.15, -0.1) is 0 Å². The molecule has 4 rings (SSSR count). The minimum atomic E-state index is 0.0667. The van der Waals surface area contributed by atoms with E-state index in [1.54, 1.807) is 10.9 Å². The molecule has 23 heavy (non-hydrogen) atoms. The SMILES string of the molecule is CN(C)C1=CC2=C(c3cnn(C)c3)C(=O)c3ccccc3C2=C1. The molecular weight excluding hydrogens is 286 g/mol. The molecule has 4 heteroatoms. The second-order valence-electron chi connectivity index (χ2n) is 6.09. The van der Waals surface area contributed by atoms with Crippen molar-refractivity contribution < 1.29 is 4.79 Å². The first-order valence-corrected chi connectivity index (χ1v) is 7.55. The van der Waals surface area contributed by atoms with E-state index in [9.17, 15) is 4.79 Å². The van der Waals surface area contributed by atoms with E-state index in [-0.39, 0.29) is 5.78 Å². The van der Waals surface area contributed by atoms with Gasteiger partial charge >= 0.3 is 0 Å². The monoisotopic (exact) mass is 303 g/mol. The first-order chi connectivity index (χ1) is 11.1. The summed E-state index contributed by atoms with van der Waals surface area (Å²) in [6, 6.07) is 7.82. The van der Waals surface area contributed by atoms with Crippen molar-refractivity contribution in [1.29, 1.82) is 0 Å². The lowest BCUT2D eigenvalue weighted by Gasteiger charge is -2.20. The summed E-state index contributed by atoms with van der Waals surface area (Å²) in [6.45, 7) is 0. The largest absolute Gasteiger partial charge is 0.378 e. The van der Waals surface area contributed by atoms with Crippen molar-refractivity contribution in [3.8, 4) is 0 Å². The second kappa shape index (κ2) is 4.81. The number of carbonyl (C=O) groups is 1. The number of benzene rings is 1. The molecule has 1 heterocycles. The number of hydrogen-bond donors (Lipinski definition) is 0. The molecule has 0 saturated carbocycles. The summed E-state index contributed by atoms with van der Waals surface area (Å²) in [5.41, 5.74) is 6.57. The van der Waals surface area contributed by atoms with Gasteiger partial charge in [0.2, 0.25) is 0 Å². The third-order valence-corrected chi connectivity index (χ3v) is 4.34. The first-order valence-electron chi connectivity index (χ1n) is 7.55. The molecule has 2 aromatic rings. The van der Waals surface area contributed by atoms with Crippen LogP contribution in [0.2, 0.25) is 0 Å². The van der Waals surface area contributed by atoms with Crippen LogP contribution in [0.5, 0.6) is 0 Å². The number of aryl methyl sites for hydroxylation is 1. The third kappa shape index (κ3) is 1.99. The lowest BCUT2D eigenvalue weighted by Crippen LogP contribution is -2.13. The average Bonchev–Trinajstić information content (AvgIpc) is 3.15.